The SMILES string of the molecule is COc1cc(OC)c(-c2cc3ccccc3s2)cc1C=CC(=O)c1cc(C=O)c(OC)c(OC)c1. The Kier molecular flexibility index (Phi) is 7.17. The van der Waals surface area contributed by atoms with Gasteiger partial charge in [-0.05, 0) is 47.9 Å². The van der Waals surface area contributed by atoms with Crippen LogP contribution in [0, 0.1) is 0 Å². The van der Waals surface area contributed by atoms with Gasteiger partial charge in [-0.2, -0.15) is 0 Å². The van der Waals surface area contributed by atoms with Gasteiger partial charge in [0.05, 0.1) is 34.0 Å². The van der Waals surface area contributed by atoms with E-state index in [2.05, 4.69) is 18.2 Å². The summed E-state index contributed by atoms with van der Waals surface area (Å²) in [4.78, 5) is 25.5. The number of ether oxygens (including phenoxy) is 4. The number of hydrogen-bond donors (Lipinski definition) is 0. The number of carbonyl (C=O) groups excluding carboxylic acids is 2. The Labute approximate surface area is 207 Å². The van der Waals surface area contributed by atoms with Gasteiger partial charge in [0.15, 0.2) is 23.6 Å². The molecule has 1 aromatic heterocycles. The number of rotatable bonds is 9. The summed E-state index contributed by atoms with van der Waals surface area (Å²) >= 11 is 1.66. The van der Waals surface area contributed by atoms with Crippen LogP contribution < -0.4 is 18.9 Å². The molecule has 4 rings (SSSR count). The number of hydrogen-bond acceptors (Lipinski definition) is 7. The summed E-state index contributed by atoms with van der Waals surface area (Å²) in [5.41, 5.74) is 2.15. The first-order valence-corrected chi connectivity index (χ1v) is 11.5. The molecule has 1 heterocycles. The fourth-order valence-corrected chi connectivity index (χ4v) is 4.93. The number of methoxy groups -OCH3 is 4. The first-order chi connectivity index (χ1) is 17.0. The molecule has 0 saturated heterocycles. The summed E-state index contributed by atoms with van der Waals surface area (Å²) in [6.07, 6.45) is 3.76. The van der Waals surface area contributed by atoms with E-state index < -0.39 is 0 Å². The van der Waals surface area contributed by atoms with Crippen LogP contribution in [0.4, 0.5) is 0 Å². The molecule has 0 radical (unpaired) electrons. The molecule has 6 nitrogen and oxygen atoms in total. The van der Waals surface area contributed by atoms with Gasteiger partial charge in [0.2, 0.25) is 0 Å². The zero-order valence-corrected chi connectivity index (χ0v) is 20.6. The molecule has 0 spiro atoms. The number of thiophene rings is 1. The van der Waals surface area contributed by atoms with Gasteiger partial charge in [0, 0.05) is 32.3 Å². The molecule has 0 aliphatic heterocycles. The molecule has 178 valence electrons. The zero-order valence-electron chi connectivity index (χ0n) is 19.8. The Morgan fingerprint density at radius 1 is 0.800 bits per heavy atom. The largest absolute Gasteiger partial charge is 0.496 e. The van der Waals surface area contributed by atoms with Crippen molar-refractivity contribution in [2.45, 2.75) is 0 Å². The van der Waals surface area contributed by atoms with Crippen LogP contribution in [0.25, 0.3) is 26.6 Å². The molecular formula is C28H24O6S. The molecule has 0 N–H and O–H groups in total. The van der Waals surface area contributed by atoms with Gasteiger partial charge >= 0.3 is 0 Å². The Morgan fingerprint density at radius 3 is 2.20 bits per heavy atom. The van der Waals surface area contributed by atoms with Crippen molar-refractivity contribution in [3.8, 4) is 33.4 Å². The van der Waals surface area contributed by atoms with E-state index in [-0.39, 0.29) is 17.1 Å². The average Bonchev–Trinajstić information content (AvgIpc) is 3.34. The second-order valence-electron chi connectivity index (χ2n) is 7.56. The van der Waals surface area contributed by atoms with Crippen molar-refractivity contribution < 1.29 is 28.5 Å². The van der Waals surface area contributed by atoms with Crippen LogP contribution in [0.3, 0.4) is 0 Å². The van der Waals surface area contributed by atoms with E-state index in [0.717, 1.165) is 15.8 Å². The number of ketones is 1. The molecule has 0 unspecified atom stereocenters. The minimum Gasteiger partial charge on any atom is -0.496 e. The lowest BCUT2D eigenvalue weighted by atomic mass is 10.0. The lowest BCUT2D eigenvalue weighted by Gasteiger charge is -2.13. The molecule has 4 aromatic rings. The topological polar surface area (TPSA) is 71.1 Å². The summed E-state index contributed by atoms with van der Waals surface area (Å²) in [6, 6.07) is 17.1. The lowest BCUT2D eigenvalue weighted by molar-refractivity contribution is 0.104. The fourth-order valence-electron chi connectivity index (χ4n) is 3.85. The molecule has 0 aliphatic carbocycles. The van der Waals surface area contributed by atoms with Crippen LogP contribution in [-0.2, 0) is 0 Å². The minimum absolute atomic E-state index is 0.234. The van der Waals surface area contributed by atoms with Crippen LogP contribution in [0.15, 0.2) is 60.7 Å². The third-order valence-electron chi connectivity index (χ3n) is 5.58. The van der Waals surface area contributed by atoms with Crippen LogP contribution in [-0.4, -0.2) is 40.5 Å². The van der Waals surface area contributed by atoms with Gasteiger partial charge in [-0.1, -0.05) is 18.2 Å². The van der Waals surface area contributed by atoms with E-state index in [4.69, 9.17) is 18.9 Å². The number of aldehydes is 1. The Balaban J connectivity index is 1.74. The second kappa shape index (κ2) is 10.4. The Morgan fingerprint density at radius 2 is 1.54 bits per heavy atom. The highest BCUT2D eigenvalue weighted by Crippen LogP contribution is 2.42. The van der Waals surface area contributed by atoms with Crippen LogP contribution in [0.5, 0.6) is 23.0 Å². The van der Waals surface area contributed by atoms with Crippen LogP contribution >= 0.6 is 11.3 Å². The predicted octanol–water partition coefficient (Wildman–Crippen LogP) is 6.31. The first kappa shape index (κ1) is 24.0. The molecule has 0 saturated carbocycles. The normalized spacial score (nSPS) is 11.0. The molecule has 3 aromatic carbocycles. The van der Waals surface area contributed by atoms with Crippen molar-refractivity contribution in [1.82, 2.24) is 0 Å². The highest BCUT2D eigenvalue weighted by Gasteiger charge is 2.17. The lowest BCUT2D eigenvalue weighted by Crippen LogP contribution is -2.01. The second-order valence-corrected chi connectivity index (χ2v) is 8.64. The molecule has 0 bridgehead atoms. The third-order valence-corrected chi connectivity index (χ3v) is 6.73. The quantitative estimate of drug-likeness (QED) is 0.156. The van der Waals surface area contributed by atoms with Gasteiger partial charge in [-0.15, -0.1) is 11.3 Å². The predicted molar refractivity (Wildman–Crippen MR) is 139 cm³/mol. The number of fused-ring (bicyclic) bond motifs is 1. The van der Waals surface area contributed by atoms with Crippen molar-refractivity contribution >= 4 is 39.6 Å². The summed E-state index contributed by atoms with van der Waals surface area (Å²) < 4.78 is 22.9. The standard InChI is InChI=1S/C28H24O6S/c1-31-23-15-24(32-2)21(27-14-18-7-5-6-8-26(18)35-27)12-17(23)9-10-22(30)19-11-20(16-29)28(34-4)25(13-19)33-3/h5-16H,1-4H3. The number of carbonyl (C=O) groups is 2. The van der Waals surface area contributed by atoms with Gasteiger partial charge in [-0.3, -0.25) is 9.59 Å². The monoisotopic (exact) mass is 488 g/mol. The number of allylic oxidation sites excluding steroid dienone is 1. The van der Waals surface area contributed by atoms with Gasteiger partial charge in [-0.25, -0.2) is 0 Å². The molecule has 0 atom stereocenters. The summed E-state index contributed by atoms with van der Waals surface area (Å²) in [5.74, 6) is 1.54. The molecule has 7 heteroatoms. The Bertz CT molecular complexity index is 1400. The van der Waals surface area contributed by atoms with Crippen LogP contribution in [0.2, 0.25) is 0 Å². The average molecular weight is 489 g/mol. The minimum atomic E-state index is -0.296. The van der Waals surface area contributed by atoms with Crippen LogP contribution in [0.1, 0.15) is 26.3 Å². The molecule has 0 fully saturated rings. The van der Waals surface area contributed by atoms with Crippen molar-refractivity contribution in [2.24, 2.45) is 0 Å². The Hall–Kier alpha value is -4.10. The summed E-state index contributed by atoms with van der Waals surface area (Å²) in [6.45, 7) is 0. The molecule has 0 amide bonds. The van der Waals surface area contributed by atoms with E-state index in [1.807, 2.05) is 24.3 Å². The van der Waals surface area contributed by atoms with Gasteiger partial charge in [0.25, 0.3) is 0 Å². The van der Waals surface area contributed by atoms with E-state index >= 15 is 0 Å². The van der Waals surface area contributed by atoms with Crippen molar-refractivity contribution in [3.05, 3.63) is 77.4 Å². The van der Waals surface area contributed by atoms with Gasteiger partial charge in [0.1, 0.15) is 11.5 Å². The summed E-state index contributed by atoms with van der Waals surface area (Å²) in [5, 5.41) is 1.15. The van der Waals surface area contributed by atoms with Crippen molar-refractivity contribution in [3.63, 3.8) is 0 Å². The smallest absolute Gasteiger partial charge is 0.186 e. The maximum atomic E-state index is 13.0. The highest BCUT2D eigenvalue weighted by molar-refractivity contribution is 7.22. The van der Waals surface area contributed by atoms with Gasteiger partial charge < -0.3 is 18.9 Å². The van der Waals surface area contributed by atoms with Crippen molar-refractivity contribution in [2.75, 3.05) is 28.4 Å². The zero-order chi connectivity index (χ0) is 24.9. The summed E-state index contributed by atoms with van der Waals surface area (Å²) in [7, 11) is 6.08. The third kappa shape index (κ3) is 4.76. The van der Waals surface area contributed by atoms with Crippen molar-refractivity contribution in [1.29, 1.82) is 0 Å². The maximum absolute atomic E-state index is 13.0. The van der Waals surface area contributed by atoms with E-state index in [1.165, 1.54) is 31.1 Å². The first-order valence-electron chi connectivity index (χ1n) is 10.7. The molecule has 0 aliphatic rings. The highest BCUT2D eigenvalue weighted by atomic mass is 32.1. The number of benzene rings is 3. The molecule has 35 heavy (non-hydrogen) atoms. The van der Waals surface area contributed by atoms with E-state index in [1.54, 1.807) is 37.7 Å². The molecular weight excluding hydrogens is 464 g/mol. The maximum Gasteiger partial charge on any atom is 0.186 e. The van der Waals surface area contributed by atoms with E-state index in [0.29, 0.717) is 34.7 Å². The van der Waals surface area contributed by atoms with E-state index in [9.17, 15) is 9.59 Å². The fraction of sp³-hybridized carbons (Fsp3) is 0.143.